The molecule has 4 aromatic carbocycles. The maximum absolute atomic E-state index is 6.23. The van der Waals surface area contributed by atoms with Gasteiger partial charge in [-0.05, 0) is 65.4 Å². The molecule has 0 bridgehead atoms. The number of nitrogens with two attached hydrogens (primary N) is 1. The van der Waals surface area contributed by atoms with Crippen molar-refractivity contribution in [2.45, 2.75) is 31.3 Å². The monoisotopic (exact) mass is 510 g/mol. The van der Waals surface area contributed by atoms with Gasteiger partial charge >= 0.3 is 0 Å². The molecule has 0 aliphatic rings. The molecular formula is C33H38N2O3. The Hall–Kier alpha value is -3.80. The lowest BCUT2D eigenvalue weighted by Gasteiger charge is -2.26. The molecule has 5 heteroatoms. The summed E-state index contributed by atoms with van der Waals surface area (Å²) in [5.41, 5.74) is 11.0. The maximum atomic E-state index is 6.23. The molecule has 0 saturated heterocycles. The third kappa shape index (κ3) is 7.60. The number of nitrogens with one attached hydrogen (secondary N) is 1. The van der Waals surface area contributed by atoms with E-state index in [1.165, 1.54) is 11.1 Å². The second-order valence-corrected chi connectivity index (χ2v) is 9.34. The number of ether oxygens (including phenoxy) is 3. The van der Waals surface area contributed by atoms with Crippen LogP contribution in [0.15, 0.2) is 103 Å². The van der Waals surface area contributed by atoms with E-state index < -0.39 is 0 Å². The lowest BCUT2D eigenvalue weighted by atomic mass is 9.96. The Morgan fingerprint density at radius 3 is 1.87 bits per heavy atom. The van der Waals surface area contributed by atoms with E-state index in [4.69, 9.17) is 19.9 Å². The van der Waals surface area contributed by atoms with Gasteiger partial charge in [0, 0.05) is 19.0 Å². The van der Waals surface area contributed by atoms with E-state index in [-0.39, 0.29) is 12.1 Å². The van der Waals surface area contributed by atoms with Crippen LogP contribution in [0.3, 0.4) is 0 Å². The number of methoxy groups -OCH3 is 2. The predicted octanol–water partition coefficient (Wildman–Crippen LogP) is 6.16. The maximum Gasteiger partial charge on any atom is 0.122 e. The fourth-order valence-electron chi connectivity index (χ4n) is 4.60. The minimum absolute atomic E-state index is 0.00659. The standard InChI is InChI=1S/C33H38N2O3/c1-36-30-18-14-26(15-19-30)33(27-16-20-31(37-2)21-17-27)35-29(24-34)12-8-22-38-32-13-7-6-11-28(32)23-25-9-4-3-5-10-25/h3-7,9-11,13-21,29,33,35H,8,12,22-24,34H2,1-2H3. The molecule has 38 heavy (non-hydrogen) atoms. The number of hydrogen-bond donors (Lipinski definition) is 2. The number of benzene rings is 4. The van der Waals surface area contributed by atoms with Gasteiger partial charge in [0.25, 0.3) is 0 Å². The van der Waals surface area contributed by atoms with Crippen LogP contribution in [-0.2, 0) is 6.42 Å². The fraction of sp³-hybridized carbons (Fsp3) is 0.273. The van der Waals surface area contributed by atoms with Gasteiger partial charge in [-0.2, -0.15) is 0 Å². The van der Waals surface area contributed by atoms with Crippen molar-refractivity contribution in [2.24, 2.45) is 5.73 Å². The zero-order valence-electron chi connectivity index (χ0n) is 22.3. The van der Waals surface area contributed by atoms with E-state index in [9.17, 15) is 0 Å². The summed E-state index contributed by atoms with van der Waals surface area (Å²) in [4.78, 5) is 0. The number of rotatable bonds is 14. The predicted molar refractivity (Wildman–Crippen MR) is 154 cm³/mol. The molecule has 4 rings (SSSR count). The van der Waals surface area contributed by atoms with E-state index >= 15 is 0 Å². The van der Waals surface area contributed by atoms with E-state index in [0.29, 0.717) is 13.2 Å². The van der Waals surface area contributed by atoms with Crippen LogP contribution in [-0.4, -0.2) is 33.4 Å². The van der Waals surface area contributed by atoms with Crippen molar-refractivity contribution in [3.8, 4) is 17.2 Å². The fourth-order valence-corrected chi connectivity index (χ4v) is 4.60. The average molecular weight is 511 g/mol. The second-order valence-electron chi connectivity index (χ2n) is 9.34. The Balaban J connectivity index is 1.38. The molecular weight excluding hydrogens is 472 g/mol. The van der Waals surface area contributed by atoms with Crippen molar-refractivity contribution in [1.82, 2.24) is 5.32 Å². The van der Waals surface area contributed by atoms with E-state index in [0.717, 1.165) is 47.6 Å². The van der Waals surface area contributed by atoms with Crippen LogP contribution < -0.4 is 25.3 Å². The molecule has 0 aliphatic carbocycles. The quantitative estimate of drug-likeness (QED) is 0.199. The third-order valence-electron chi connectivity index (χ3n) is 6.75. The van der Waals surface area contributed by atoms with Gasteiger partial charge in [-0.25, -0.2) is 0 Å². The summed E-state index contributed by atoms with van der Waals surface area (Å²) in [7, 11) is 3.36. The molecule has 0 heterocycles. The van der Waals surface area contributed by atoms with Crippen LogP contribution in [0, 0.1) is 0 Å². The van der Waals surface area contributed by atoms with Crippen LogP contribution in [0.5, 0.6) is 17.2 Å². The van der Waals surface area contributed by atoms with Crippen LogP contribution in [0.25, 0.3) is 0 Å². The van der Waals surface area contributed by atoms with Gasteiger partial charge in [0.15, 0.2) is 0 Å². The van der Waals surface area contributed by atoms with Crippen molar-refractivity contribution in [1.29, 1.82) is 0 Å². The largest absolute Gasteiger partial charge is 0.497 e. The summed E-state index contributed by atoms with van der Waals surface area (Å²) < 4.78 is 17.0. The number of para-hydroxylation sites is 1. The van der Waals surface area contributed by atoms with Crippen LogP contribution in [0.2, 0.25) is 0 Å². The Bertz CT molecular complexity index is 1180. The van der Waals surface area contributed by atoms with Gasteiger partial charge in [-0.1, -0.05) is 72.8 Å². The molecule has 0 aliphatic heterocycles. The number of hydrogen-bond acceptors (Lipinski definition) is 5. The van der Waals surface area contributed by atoms with Gasteiger partial charge in [-0.15, -0.1) is 0 Å². The van der Waals surface area contributed by atoms with Gasteiger partial charge in [0.1, 0.15) is 17.2 Å². The average Bonchev–Trinajstić information content (AvgIpc) is 2.98. The molecule has 0 spiro atoms. The Kier molecular flexibility index (Phi) is 10.2. The highest BCUT2D eigenvalue weighted by Gasteiger charge is 2.19. The Morgan fingerprint density at radius 1 is 0.711 bits per heavy atom. The summed E-state index contributed by atoms with van der Waals surface area (Å²) in [6, 6.07) is 35.3. The Morgan fingerprint density at radius 2 is 1.29 bits per heavy atom. The van der Waals surface area contributed by atoms with E-state index in [1.54, 1.807) is 14.2 Å². The molecule has 3 N–H and O–H groups in total. The second kappa shape index (κ2) is 14.2. The van der Waals surface area contributed by atoms with Crippen LogP contribution in [0.1, 0.15) is 41.1 Å². The smallest absolute Gasteiger partial charge is 0.122 e. The first-order valence-corrected chi connectivity index (χ1v) is 13.2. The van der Waals surface area contributed by atoms with Gasteiger partial charge in [-0.3, -0.25) is 0 Å². The molecule has 0 radical (unpaired) electrons. The lowest BCUT2D eigenvalue weighted by Crippen LogP contribution is -2.39. The minimum Gasteiger partial charge on any atom is -0.497 e. The van der Waals surface area contributed by atoms with Crippen LogP contribution >= 0.6 is 0 Å². The molecule has 1 unspecified atom stereocenters. The lowest BCUT2D eigenvalue weighted by molar-refractivity contribution is 0.291. The van der Waals surface area contributed by atoms with Crippen LogP contribution in [0.4, 0.5) is 0 Å². The molecule has 1 atom stereocenters. The third-order valence-corrected chi connectivity index (χ3v) is 6.75. The van der Waals surface area contributed by atoms with Crippen molar-refractivity contribution in [3.05, 3.63) is 125 Å². The molecule has 198 valence electrons. The normalized spacial score (nSPS) is 11.8. The summed E-state index contributed by atoms with van der Waals surface area (Å²) in [6.45, 7) is 1.17. The Labute approximate surface area is 226 Å². The SMILES string of the molecule is COc1ccc(C(NC(CN)CCCOc2ccccc2Cc2ccccc2)c2ccc(OC)cc2)cc1. The summed E-state index contributed by atoms with van der Waals surface area (Å²) in [5, 5.41) is 3.79. The molecule has 4 aromatic rings. The molecule has 0 saturated carbocycles. The van der Waals surface area contributed by atoms with Crippen molar-refractivity contribution < 1.29 is 14.2 Å². The highest BCUT2D eigenvalue weighted by atomic mass is 16.5. The first kappa shape index (κ1) is 27.2. The van der Waals surface area contributed by atoms with Gasteiger partial charge < -0.3 is 25.3 Å². The zero-order valence-corrected chi connectivity index (χ0v) is 22.3. The van der Waals surface area contributed by atoms with Crippen molar-refractivity contribution in [2.75, 3.05) is 27.4 Å². The van der Waals surface area contributed by atoms with Crippen molar-refractivity contribution >= 4 is 0 Å². The van der Waals surface area contributed by atoms with Crippen molar-refractivity contribution in [3.63, 3.8) is 0 Å². The summed E-state index contributed by atoms with van der Waals surface area (Å²) in [6.07, 6.45) is 2.65. The molecule has 0 amide bonds. The topological polar surface area (TPSA) is 65.7 Å². The molecule has 5 nitrogen and oxygen atoms in total. The van der Waals surface area contributed by atoms with Gasteiger partial charge in [0.05, 0.1) is 26.9 Å². The summed E-state index contributed by atoms with van der Waals surface area (Å²) in [5.74, 6) is 2.62. The summed E-state index contributed by atoms with van der Waals surface area (Å²) >= 11 is 0. The van der Waals surface area contributed by atoms with E-state index in [2.05, 4.69) is 72.0 Å². The molecule has 0 fully saturated rings. The minimum atomic E-state index is -0.00659. The highest BCUT2D eigenvalue weighted by molar-refractivity contribution is 5.39. The first-order chi connectivity index (χ1) is 18.7. The zero-order chi connectivity index (χ0) is 26.6. The first-order valence-electron chi connectivity index (χ1n) is 13.2. The van der Waals surface area contributed by atoms with Gasteiger partial charge in [0.2, 0.25) is 0 Å². The van der Waals surface area contributed by atoms with E-state index in [1.807, 2.05) is 36.4 Å². The highest BCUT2D eigenvalue weighted by Crippen LogP contribution is 2.27. The molecule has 0 aromatic heterocycles.